The first-order valence-corrected chi connectivity index (χ1v) is 11.1. The highest BCUT2D eigenvalue weighted by Crippen LogP contribution is 2.44. The molecule has 0 unspecified atom stereocenters. The summed E-state index contributed by atoms with van der Waals surface area (Å²) in [6.45, 7) is 5.28. The van der Waals surface area contributed by atoms with E-state index >= 15 is 0 Å². The van der Waals surface area contributed by atoms with Crippen LogP contribution in [-0.2, 0) is 14.4 Å². The summed E-state index contributed by atoms with van der Waals surface area (Å²) in [5.74, 6) is -1.57. The predicted molar refractivity (Wildman–Crippen MR) is 112 cm³/mol. The van der Waals surface area contributed by atoms with Crippen LogP contribution in [0.5, 0.6) is 0 Å². The van der Waals surface area contributed by atoms with E-state index in [-0.39, 0.29) is 36.2 Å². The summed E-state index contributed by atoms with van der Waals surface area (Å²) in [4.78, 5) is 40.8. The SMILES string of the molecule is CCCCNC(=O)[C@@H]1[C@H]2C=C[C@@H](CC)[C@@H](C(=O)NC)[C@H]2C(=O)N1CCCCCO. The number of carbonyl (C=O) groups is 3. The summed E-state index contributed by atoms with van der Waals surface area (Å²) in [6.07, 6.45) is 8.88. The van der Waals surface area contributed by atoms with Crippen molar-refractivity contribution in [2.24, 2.45) is 23.7 Å². The van der Waals surface area contributed by atoms with Gasteiger partial charge in [0.25, 0.3) is 0 Å². The molecule has 7 nitrogen and oxygen atoms in total. The van der Waals surface area contributed by atoms with Crippen molar-refractivity contribution >= 4 is 17.7 Å². The first-order chi connectivity index (χ1) is 14.0. The molecule has 2 rings (SSSR count). The van der Waals surface area contributed by atoms with Crippen LogP contribution in [0.25, 0.3) is 0 Å². The maximum Gasteiger partial charge on any atom is 0.243 e. The number of nitrogens with one attached hydrogen (secondary N) is 2. The molecule has 0 radical (unpaired) electrons. The van der Waals surface area contributed by atoms with Crippen molar-refractivity contribution in [1.82, 2.24) is 15.5 Å². The van der Waals surface area contributed by atoms with Gasteiger partial charge in [0.05, 0.1) is 11.8 Å². The summed E-state index contributed by atoms with van der Waals surface area (Å²) < 4.78 is 0. The number of amides is 3. The van der Waals surface area contributed by atoms with Gasteiger partial charge in [0, 0.05) is 32.7 Å². The zero-order chi connectivity index (χ0) is 21.4. The number of fused-ring (bicyclic) bond motifs is 1. The molecular formula is C22H37N3O4. The number of hydrogen-bond donors (Lipinski definition) is 3. The molecule has 5 atom stereocenters. The Morgan fingerprint density at radius 2 is 1.86 bits per heavy atom. The van der Waals surface area contributed by atoms with Gasteiger partial charge in [0.15, 0.2) is 0 Å². The van der Waals surface area contributed by atoms with Gasteiger partial charge in [-0.25, -0.2) is 0 Å². The Hall–Kier alpha value is -1.89. The fourth-order valence-corrected chi connectivity index (χ4v) is 4.72. The summed E-state index contributed by atoms with van der Waals surface area (Å²) in [6, 6.07) is -0.570. The largest absolute Gasteiger partial charge is 0.396 e. The molecule has 0 saturated carbocycles. The van der Waals surface area contributed by atoms with Crippen molar-refractivity contribution in [3.63, 3.8) is 0 Å². The Labute approximate surface area is 174 Å². The standard InChI is InChI=1S/C22H37N3O4/c1-4-6-12-24-21(28)19-16-11-10-15(5-2)17(20(27)23-3)18(16)22(29)25(19)13-8-7-9-14-26/h10-11,15-19,26H,4-9,12-14H2,1-3H3,(H,23,27)(H,24,28)/t15-,16+,17-,18+,19+/m1/s1. The van der Waals surface area contributed by atoms with E-state index in [1.165, 1.54) is 0 Å². The number of rotatable bonds is 11. The van der Waals surface area contributed by atoms with E-state index in [0.717, 1.165) is 32.1 Å². The van der Waals surface area contributed by atoms with Crippen LogP contribution >= 0.6 is 0 Å². The van der Waals surface area contributed by atoms with Crippen LogP contribution < -0.4 is 10.6 Å². The molecular weight excluding hydrogens is 370 g/mol. The van der Waals surface area contributed by atoms with Crippen LogP contribution in [-0.4, -0.2) is 60.5 Å². The van der Waals surface area contributed by atoms with E-state index in [1.807, 2.05) is 19.1 Å². The molecule has 164 valence electrons. The van der Waals surface area contributed by atoms with Gasteiger partial charge in [-0.15, -0.1) is 0 Å². The van der Waals surface area contributed by atoms with E-state index in [4.69, 9.17) is 5.11 Å². The average Bonchev–Trinajstić information content (AvgIpc) is 3.01. The Morgan fingerprint density at radius 3 is 2.48 bits per heavy atom. The fraction of sp³-hybridized carbons (Fsp3) is 0.773. The number of likely N-dealkylation sites (tertiary alicyclic amines) is 1. The predicted octanol–water partition coefficient (Wildman–Crippen LogP) is 1.47. The summed E-state index contributed by atoms with van der Waals surface area (Å²) in [7, 11) is 1.60. The number of nitrogens with zero attached hydrogens (tertiary/aromatic N) is 1. The van der Waals surface area contributed by atoms with E-state index in [0.29, 0.717) is 19.5 Å². The van der Waals surface area contributed by atoms with Crippen LogP contribution in [0.1, 0.15) is 52.4 Å². The topological polar surface area (TPSA) is 98.7 Å². The molecule has 3 amide bonds. The molecule has 1 aliphatic carbocycles. The monoisotopic (exact) mass is 407 g/mol. The molecule has 0 spiro atoms. The molecule has 1 fully saturated rings. The fourth-order valence-electron chi connectivity index (χ4n) is 4.72. The Bertz CT molecular complexity index is 607. The summed E-state index contributed by atoms with van der Waals surface area (Å²) in [5, 5.41) is 14.7. The highest BCUT2D eigenvalue weighted by Gasteiger charge is 2.56. The zero-order valence-electron chi connectivity index (χ0n) is 18.0. The van der Waals surface area contributed by atoms with E-state index < -0.39 is 17.9 Å². The van der Waals surface area contributed by atoms with Gasteiger partial charge in [0.1, 0.15) is 6.04 Å². The second-order valence-electron chi connectivity index (χ2n) is 8.11. The number of aliphatic hydroxyl groups is 1. The van der Waals surface area contributed by atoms with Gasteiger partial charge in [-0.05, 0) is 38.0 Å². The lowest BCUT2D eigenvalue weighted by Crippen LogP contribution is -2.48. The molecule has 0 bridgehead atoms. The van der Waals surface area contributed by atoms with Gasteiger partial charge in [-0.2, -0.15) is 0 Å². The molecule has 1 saturated heterocycles. The van der Waals surface area contributed by atoms with Crippen molar-refractivity contribution in [3.05, 3.63) is 12.2 Å². The van der Waals surface area contributed by atoms with Crippen LogP contribution in [0.4, 0.5) is 0 Å². The number of hydrogen-bond acceptors (Lipinski definition) is 4. The molecule has 2 aliphatic rings. The first kappa shape index (κ1) is 23.4. The lowest BCUT2D eigenvalue weighted by molar-refractivity contribution is -0.140. The van der Waals surface area contributed by atoms with Gasteiger partial charge >= 0.3 is 0 Å². The summed E-state index contributed by atoms with van der Waals surface area (Å²) >= 11 is 0. The quantitative estimate of drug-likeness (QED) is 0.357. The number of unbranched alkanes of at least 4 members (excludes halogenated alkanes) is 3. The molecule has 1 aliphatic heterocycles. The molecule has 0 aromatic rings. The molecule has 3 N–H and O–H groups in total. The Balaban J connectivity index is 2.30. The lowest BCUT2D eigenvalue weighted by Gasteiger charge is -2.33. The van der Waals surface area contributed by atoms with Gasteiger partial charge in [0.2, 0.25) is 17.7 Å². The molecule has 29 heavy (non-hydrogen) atoms. The second kappa shape index (κ2) is 11.3. The van der Waals surface area contributed by atoms with Crippen LogP contribution in [0.2, 0.25) is 0 Å². The highest BCUT2D eigenvalue weighted by atomic mass is 16.3. The molecule has 0 aromatic carbocycles. The molecule has 7 heteroatoms. The van der Waals surface area contributed by atoms with Crippen molar-refractivity contribution in [1.29, 1.82) is 0 Å². The van der Waals surface area contributed by atoms with E-state index in [1.54, 1.807) is 11.9 Å². The number of allylic oxidation sites excluding steroid dienone is 1. The minimum absolute atomic E-state index is 0.00158. The van der Waals surface area contributed by atoms with Gasteiger partial charge < -0.3 is 20.6 Å². The summed E-state index contributed by atoms with van der Waals surface area (Å²) in [5.41, 5.74) is 0. The van der Waals surface area contributed by atoms with Crippen molar-refractivity contribution in [2.75, 3.05) is 26.7 Å². The zero-order valence-corrected chi connectivity index (χ0v) is 18.0. The molecule has 0 aromatic heterocycles. The first-order valence-electron chi connectivity index (χ1n) is 11.1. The van der Waals surface area contributed by atoms with Crippen LogP contribution in [0.15, 0.2) is 12.2 Å². The molecule has 1 heterocycles. The van der Waals surface area contributed by atoms with Crippen molar-refractivity contribution in [3.8, 4) is 0 Å². The normalized spacial score (nSPS) is 28.3. The number of aliphatic hydroxyl groups excluding tert-OH is 1. The second-order valence-corrected chi connectivity index (χ2v) is 8.11. The van der Waals surface area contributed by atoms with Crippen molar-refractivity contribution < 1.29 is 19.5 Å². The van der Waals surface area contributed by atoms with Gasteiger partial charge in [-0.1, -0.05) is 32.4 Å². The average molecular weight is 408 g/mol. The van der Waals surface area contributed by atoms with E-state index in [9.17, 15) is 14.4 Å². The third-order valence-corrected chi connectivity index (χ3v) is 6.29. The highest BCUT2D eigenvalue weighted by molar-refractivity contribution is 5.96. The lowest BCUT2D eigenvalue weighted by atomic mass is 9.69. The maximum absolute atomic E-state index is 13.4. The minimum Gasteiger partial charge on any atom is -0.396 e. The smallest absolute Gasteiger partial charge is 0.243 e. The number of carbonyl (C=O) groups excluding carboxylic acids is 3. The van der Waals surface area contributed by atoms with Crippen LogP contribution in [0.3, 0.4) is 0 Å². The maximum atomic E-state index is 13.4. The Morgan fingerprint density at radius 1 is 1.10 bits per heavy atom. The van der Waals surface area contributed by atoms with Crippen molar-refractivity contribution in [2.45, 2.75) is 58.4 Å². The third kappa shape index (κ3) is 5.18. The van der Waals surface area contributed by atoms with E-state index in [2.05, 4.69) is 17.6 Å². The Kier molecular flexibility index (Phi) is 9.14. The van der Waals surface area contributed by atoms with Gasteiger partial charge in [-0.3, -0.25) is 14.4 Å². The third-order valence-electron chi connectivity index (χ3n) is 6.29. The minimum atomic E-state index is -0.570. The van der Waals surface area contributed by atoms with Crippen LogP contribution in [0, 0.1) is 23.7 Å².